The number of carboxylic acids is 2. The van der Waals surface area contributed by atoms with Gasteiger partial charge < -0.3 is 41.1 Å². The zero-order valence-corrected chi connectivity index (χ0v) is 28.1. The second-order valence-corrected chi connectivity index (χ2v) is 12.5. The van der Waals surface area contributed by atoms with Crippen molar-refractivity contribution < 1.29 is 57.4 Å². The Balaban J connectivity index is 1.33. The van der Waals surface area contributed by atoms with Crippen molar-refractivity contribution in [1.82, 2.24) is 9.80 Å². The van der Waals surface area contributed by atoms with Crippen molar-refractivity contribution in [2.45, 2.75) is 38.0 Å². The number of benzene rings is 2. The molecule has 0 saturated heterocycles. The molecule has 0 fully saturated rings. The van der Waals surface area contributed by atoms with E-state index in [1.807, 2.05) is 0 Å². The lowest BCUT2D eigenvalue weighted by Crippen LogP contribution is -2.57. The molecule has 0 radical (unpaired) electrons. The number of furan rings is 2. The number of hydrogen-bond acceptors (Lipinski definition) is 12. The fourth-order valence-corrected chi connectivity index (χ4v) is 6.89. The van der Waals surface area contributed by atoms with E-state index in [0.29, 0.717) is 21.3 Å². The Labute approximate surface area is 304 Å². The number of nitrogens with two attached hydrogens (primary N) is 2. The number of carboxylic acid groups (broad SMARTS) is 2. The third-order valence-electron chi connectivity index (χ3n) is 9.30. The van der Waals surface area contributed by atoms with Crippen LogP contribution in [0.15, 0.2) is 82.0 Å². The number of anilines is 2. The number of primary amides is 2. The normalized spacial score (nSPS) is 15.7. The highest BCUT2D eigenvalue weighted by molar-refractivity contribution is 6.26. The van der Waals surface area contributed by atoms with E-state index in [-0.39, 0.29) is 46.7 Å². The summed E-state index contributed by atoms with van der Waals surface area (Å²) in [7, 11) is 0. The van der Waals surface area contributed by atoms with E-state index < -0.39 is 84.1 Å². The third-order valence-corrected chi connectivity index (χ3v) is 9.30. The molecule has 2 aliphatic rings. The number of fused-ring (bicyclic) bond motifs is 2. The van der Waals surface area contributed by atoms with Crippen molar-refractivity contribution in [3.05, 3.63) is 107 Å². The van der Waals surface area contributed by atoms with Gasteiger partial charge in [-0.05, 0) is 55.0 Å². The van der Waals surface area contributed by atoms with Gasteiger partial charge in [-0.3, -0.25) is 43.4 Å². The molecule has 0 spiro atoms. The van der Waals surface area contributed by atoms with Gasteiger partial charge in [0.05, 0.1) is 54.3 Å². The third kappa shape index (κ3) is 6.74. The maximum absolute atomic E-state index is 14.0. The second kappa shape index (κ2) is 14.8. The van der Waals surface area contributed by atoms with Crippen molar-refractivity contribution in [1.29, 1.82) is 0 Å². The van der Waals surface area contributed by atoms with Gasteiger partial charge in [0.15, 0.2) is 0 Å². The van der Waals surface area contributed by atoms with Crippen molar-refractivity contribution in [2.24, 2.45) is 23.3 Å². The van der Waals surface area contributed by atoms with Crippen LogP contribution >= 0.6 is 0 Å². The molecule has 0 aliphatic carbocycles. The molecule has 4 aromatic rings. The minimum absolute atomic E-state index is 0.0888. The highest BCUT2D eigenvalue weighted by Crippen LogP contribution is 2.38. The highest BCUT2D eigenvalue weighted by atomic mass is 16.4. The van der Waals surface area contributed by atoms with Gasteiger partial charge in [0.1, 0.15) is 23.6 Å². The predicted molar refractivity (Wildman–Crippen MR) is 183 cm³/mol. The summed E-state index contributed by atoms with van der Waals surface area (Å²) in [5.41, 5.74) is 11.1. The molecular formula is C36H32N6O12. The monoisotopic (exact) mass is 740 g/mol. The van der Waals surface area contributed by atoms with Crippen LogP contribution in [-0.2, 0) is 32.3 Å². The average molecular weight is 741 g/mol. The number of aliphatic carboxylic acids is 2. The van der Waals surface area contributed by atoms with Crippen LogP contribution in [0.3, 0.4) is 0 Å². The van der Waals surface area contributed by atoms with E-state index >= 15 is 0 Å². The smallest absolute Gasteiger partial charge is 0.326 e. The molecule has 18 heteroatoms. The van der Waals surface area contributed by atoms with Gasteiger partial charge in [0, 0.05) is 23.2 Å². The van der Waals surface area contributed by atoms with Gasteiger partial charge in [0.25, 0.3) is 23.6 Å². The Kier molecular flexibility index (Phi) is 10.0. The first-order chi connectivity index (χ1) is 25.8. The number of rotatable bonds is 17. The molecule has 6 rings (SSSR count). The molecule has 8 N–H and O–H groups in total. The van der Waals surface area contributed by atoms with Crippen LogP contribution in [-0.4, -0.2) is 79.5 Å². The van der Waals surface area contributed by atoms with E-state index in [2.05, 4.69) is 10.6 Å². The zero-order chi connectivity index (χ0) is 38.8. The number of carbonyl (C=O) groups is 8. The Morgan fingerprint density at radius 3 is 1.59 bits per heavy atom. The van der Waals surface area contributed by atoms with E-state index in [1.165, 1.54) is 48.9 Å². The molecule has 6 amide bonds. The van der Waals surface area contributed by atoms with Gasteiger partial charge >= 0.3 is 11.9 Å². The molecule has 0 bridgehead atoms. The van der Waals surface area contributed by atoms with Crippen molar-refractivity contribution in [3.63, 3.8) is 0 Å². The Morgan fingerprint density at radius 1 is 0.667 bits per heavy atom. The SMILES string of the molecule is NC(=O)C(CC(C(=O)O)N1C(=O)c2cccc(NCc3ccco3)c2C1=O)C(CC(=O)O)C(C(N)=O)N1C(=O)c2cccc(NCc3ccco3)c2C1=O. The van der Waals surface area contributed by atoms with Crippen LogP contribution in [0.4, 0.5) is 11.4 Å². The lowest BCUT2D eigenvalue weighted by atomic mass is 9.78. The molecule has 4 unspecified atom stereocenters. The molecule has 2 aliphatic heterocycles. The topological polar surface area (TPSA) is 286 Å². The van der Waals surface area contributed by atoms with Crippen LogP contribution in [0.2, 0.25) is 0 Å². The van der Waals surface area contributed by atoms with E-state index in [4.69, 9.17) is 20.3 Å². The number of hydrogen-bond donors (Lipinski definition) is 6. The van der Waals surface area contributed by atoms with Crippen LogP contribution in [0, 0.1) is 11.8 Å². The fourth-order valence-electron chi connectivity index (χ4n) is 6.89. The summed E-state index contributed by atoms with van der Waals surface area (Å²) < 4.78 is 10.6. The fraction of sp³-hybridized carbons (Fsp3) is 0.222. The summed E-state index contributed by atoms with van der Waals surface area (Å²) in [5.74, 6) is -13.3. The lowest BCUT2D eigenvalue weighted by molar-refractivity contribution is -0.143. The summed E-state index contributed by atoms with van der Waals surface area (Å²) in [6.07, 6.45) is 0.738. The van der Waals surface area contributed by atoms with Crippen LogP contribution in [0.25, 0.3) is 0 Å². The van der Waals surface area contributed by atoms with Crippen molar-refractivity contribution in [3.8, 4) is 0 Å². The molecule has 4 heterocycles. The molecule has 2 aromatic carbocycles. The number of nitrogens with one attached hydrogen (secondary N) is 2. The van der Waals surface area contributed by atoms with E-state index in [1.54, 1.807) is 24.3 Å². The molecular weight excluding hydrogens is 708 g/mol. The number of nitrogens with zero attached hydrogens (tertiary/aromatic N) is 2. The maximum atomic E-state index is 14.0. The maximum Gasteiger partial charge on any atom is 0.326 e. The summed E-state index contributed by atoms with van der Waals surface area (Å²) in [6.45, 7) is 0.188. The van der Waals surface area contributed by atoms with Crippen LogP contribution < -0.4 is 22.1 Å². The van der Waals surface area contributed by atoms with E-state index in [0.717, 1.165) is 0 Å². The number of amides is 6. The predicted octanol–water partition coefficient (Wildman–Crippen LogP) is 1.88. The van der Waals surface area contributed by atoms with E-state index in [9.17, 15) is 48.6 Å². The van der Waals surface area contributed by atoms with Gasteiger partial charge in [-0.1, -0.05) is 12.1 Å². The molecule has 2 aromatic heterocycles. The first kappa shape index (κ1) is 36.5. The summed E-state index contributed by atoms with van der Waals surface area (Å²) in [5, 5.41) is 26.3. The Hall–Kier alpha value is -7.24. The van der Waals surface area contributed by atoms with Gasteiger partial charge in [-0.15, -0.1) is 0 Å². The lowest BCUT2D eigenvalue weighted by Gasteiger charge is -2.35. The van der Waals surface area contributed by atoms with Crippen molar-refractivity contribution >= 4 is 58.8 Å². The number of imide groups is 2. The average Bonchev–Trinajstić information content (AvgIpc) is 3.93. The molecule has 4 atom stereocenters. The Bertz CT molecular complexity index is 2180. The first-order valence-electron chi connectivity index (χ1n) is 16.4. The Morgan fingerprint density at radius 2 is 1.17 bits per heavy atom. The number of carbonyl (C=O) groups excluding carboxylic acids is 6. The van der Waals surface area contributed by atoms with Gasteiger partial charge in [-0.2, -0.15) is 0 Å². The zero-order valence-electron chi connectivity index (χ0n) is 28.1. The quantitative estimate of drug-likeness (QED) is 0.0843. The molecule has 18 nitrogen and oxygen atoms in total. The van der Waals surface area contributed by atoms with Gasteiger partial charge in [0.2, 0.25) is 11.8 Å². The summed E-state index contributed by atoms with van der Waals surface area (Å²) >= 11 is 0. The van der Waals surface area contributed by atoms with Crippen LogP contribution in [0.1, 0.15) is 65.8 Å². The standard InChI is InChI=1S/C36H32N6O12/c37-30(45)22(13-25(36(51)52)41-32(47)19-7-1-9-23(27(19)34(41)49)39-15-17-5-3-11-53-17)21(14-26(43)44)29(31(38)46)42-33(48)20-8-2-10-24(28(20)35(42)50)40-16-18-6-4-12-54-18/h1-12,21-22,25,29,39-40H,13-16H2,(H2,37,45)(H2,38,46)(H,43,44)(H,51,52). The minimum Gasteiger partial charge on any atom is -0.481 e. The second-order valence-electron chi connectivity index (χ2n) is 12.5. The molecule has 54 heavy (non-hydrogen) atoms. The molecule has 0 saturated carbocycles. The summed E-state index contributed by atoms with van der Waals surface area (Å²) in [6, 6.07) is 10.8. The highest BCUT2D eigenvalue weighted by Gasteiger charge is 2.52. The first-order valence-corrected chi connectivity index (χ1v) is 16.4. The van der Waals surface area contributed by atoms with Crippen molar-refractivity contribution in [2.75, 3.05) is 10.6 Å². The largest absolute Gasteiger partial charge is 0.481 e. The van der Waals surface area contributed by atoms with Gasteiger partial charge in [-0.25, -0.2) is 4.79 Å². The minimum atomic E-state index is -2.15. The molecule has 278 valence electrons. The van der Waals surface area contributed by atoms with Crippen LogP contribution in [0.5, 0.6) is 0 Å². The summed E-state index contributed by atoms with van der Waals surface area (Å²) in [4.78, 5) is 108.